The average Bonchev–Trinajstić information content (AvgIpc) is 2.76. The van der Waals surface area contributed by atoms with Crippen molar-refractivity contribution in [3.05, 3.63) is 17.8 Å². The van der Waals surface area contributed by atoms with Crippen molar-refractivity contribution in [2.45, 2.75) is 52.0 Å². The van der Waals surface area contributed by atoms with Crippen molar-refractivity contribution in [1.29, 1.82) is 0 Å². The summed E-state index contributed by atoms with van der Waals surface area (Å²) < 4.78 is 5.33. The number of aromatic nitrogens is 1. The maximum Gasteiger partial charge on any atom is 0.234 e. The second-order valence-electron chi connectivity index (χ2n) is 5.53. The molecule has 7 nitrogen and oxygen atoms in total. The Morgan fingerprint density at radius 3 is 2.67 bits per heavy atom. The minimum atomic E-state index is -0.924. The first-order valence-corrected chi connectivity index (χ1v) is 7.26. The third-order valence-corrected chi connectivity index (χ3v) is 4.06. The fraction of sp³-hybridized carbons (Fsp3) is 0.643. The Bertz CT molecular complexity index is 516. The summed E-state index contributed by atoms with van der Waals surface area (Å²) in [6, 6.07) is 0. The van der Waals surface area contributed by atoms with Crippen LogP contribution in [0.5, 0.6) is 0 Å². The lowest BCUT2D eigenvalue weighted by Gasteiger charge is -2.29. The average molecular weight is 294 g/mol. The molecule has 1 aromatic rings. The zero-order chi connectivity index (χ0) is 15.3. The smallest absolute Gasteiger partial charge is 0.234 e. The lowest BCUT2D eigenvalue weighted by atomic mass is 9.78. The number of hydrogen-bond acceptors (Lipinski definition) is 5. The van der Waals surface area contributed by atoms with Crippen LogP contribution in [0, 0.1) is 12.3 Å². The van der Waals surface area contributed by atoms with Crippen molar-refractivity contribution in [2.75, 3.05) is 0 Å². The van der Waals surface area contributed by atoms with Crippen molar-refractivity contribution in [3.8, 4) is 0 Å². The van der Waals surface area contributed by atoms with Crippen molar-refractivity contribution in [3.63, 3.8) is 0 Å². The van der Waals surface area contributed by atoms with Gasteiger partial charge in [-0.25, -0.2) is 4.98 Å². The number of oxazole rings is 1. The maximum absolute atomic E-state index is 12.6. The minimum absolute atomic E-state index is 0.00881. The van der Waals surface area contributed by atoms with Crippen LogP contribution in [0.4, 0.5) is 0 Å². The van der Waals surface area contributed by atoms with Crippen LogP contribution in [0.3, 0.4) is 0 Å². The molecule has 2 rings (SSSR count). The van der Waals surface area contributed by atoms with Gasteiger partial charge in [-0.05, 0) is 19.8 Å². The monoisotopic (exact) mass is 294 g/mol. The van der Waals surface area contributed by atoms with Crippen LogP contribution in [-0.4, -0.2) is 21.9 Å². The summed E-state index contributed by atoms with van der Waals surface area (Å²) in [5.41, 5.74) is 4.90. The highest BCUT2D eigenvalue weighted by Crippen LogP contribution is 2.35. The molecule has 1 aliphatic carbocycles. The van der Waals surface area contributed by atoms with Gasteiger partial charge in [0.25, 0.3) is 0 Å². The molecule has 1 aromatic heterocycles. The van der Waals surface area contributed by atoms with E-state index in [9.17, 15) is 4.79 Å². The third-order valence-electron chi connectivity index (χ3n) is 4.06. The van der Waals surface area contributed by atoms with Crippen LogP contribution in [0.15, 0.2) is 15.8 Å². The number of nitrogens with one attached hydrogen (secondary N) is 1. The van der Waals surface area contributed by atoms with Gasteiger partial charge in [0, 0.05) is 0 Å². The molecule has 7 heteroatoms. The largest absolute Gasteiger partial charge is 0.444 e. The second-order valence-corrected chi connectivity index (χ2v) is 5.53. The number of nitrogens with zero attached hydrogens (tertiary/aromatic N) is 2. The number of oxime groups is 1. The first kappa shape index (κ1) is 15.3. The van der Waals surface area contributed by atoms with E-state index in [0.29, 0.717) is 24.5 Å². The molecule has 0 bridgehead atoms. The Kier molecular flexibility index (Phi) is 4.82. The molecule has 0 radical (unpaired) electrons. The fourth-order valence-electron chi connectivity index (χ4n) is 2.84. The molecule has 4 N–H and O–H groups in total. The van der Waals surface area contributed by atoms with E-state index < -0.39 is 5.41 Å². The highest BCUT2D eigenvalue weighted by Gasteiger charge is 2.42. The summed E-state index contributed by atoms with van der Waals surface area (Å²) in [5.74, 6) is 0.907. The molecule has 0 atom stereocenters. The van der Waals surface area contributed by atoms with Gasteiger partial charge in [0.1, 0.15) is 11.2 Å². The zero-order valence-corrected chi connectivity index (χ0v) is 12.3. The van der Waals surface area contributed by atoms with Crippen LogP contribution >= 0.6 is 0 Å². The lowest BCUT2D eigenvalue weighted by Crippen LogP contribution is -2.49. The number of carbonyl (C=O) groups excluding carboxylic acids is 1. The van der Waals surface area contributed by atoms with E-state index >= 15 is 0 Å². The molecule has 0 saturated heterocycles. The van der Waals surface area contributed by atoms with Crippen LogP contribution in [0.1, 0.15) is 50.2 Å². The minimum Gasteiger partial charge on any atom is -0.444 e. The predicted octanol–water partition coefficient (Wildman–Crippen LogP) is 1.69. The number of amides is 1. The Hall–Kier alpha value is -2.05. The first-order chi connectivity index (χ1) is 10.1. The van der Waals surface area contributed by atoms with Gasteiger partial charge >= 0.3 is 0 Å². The standard InChI is InChI=1S/C14H22N4O3/c1-10-8-16-11(21-10)9-17-13(19)14(12(15)18-20)6-4-2-3-5-7-14/h8,20H,2-7,9H2,1H3,(H2,15,18)(H,17,19). The van der Waals surface area contributed by atoms with E-state index in [1.807, 2.05) is 0 Å². The quantitative estimate of drug-likeness (QED) is 0.257. The van der Waals surface area contributed by atoms with Gasteiger partial charge in [-0.3, -0.25) is 4.79 Å². The first-order valence-electron chi connectivity index (χ1n) is 7.26. The number of hydrogen-bond donors (Lipinski definition) is 3. The molecule has 0 aliphatic heterocycles. The van der Waals surface area contributed by atoms with Gasteiger partial charge in [0.15, 0.2) is 5.84 Å². The van der Waals surface area contributed by atoms with Gasteiger partial charge in [-0.15, -0.1) is 0 Å². The van der Waals surface area contributed by atoms with Gasteiger partial charge in [0.05, 0.1) is 12.7 Å². The van der Waals surface area contributed by atoms with Gasteiger partial charge in [-0.2, -0.15) is 0 Å². The highest BCUT2D eigenvalue weighted by molar-refractivity contribution is 6.06. The third kappa shape index (κ3) is 3.34. The van der Waals surface area contributed by atoms with E-state index in [2.05, 4.69) is 15.5 Å². The van der Waals surface area contributed by atoms with Crippen LogP contribution in [-0.2, 0) is 11.3 Å². The van der Waals surface area contributed by atoms with Crippen molar-refractivity contribution >= 4 is 11.7 Å². The normalized spacial score (nSPS) is 19.0. The predicted molar refractivity (Wildman–Crippen MR) is 76.6 cm³/mol. The van der Waals surface area contributed by atoms with Crippen LogP contribution in [0.25, 0.3) is 0 Å². The molecule has 1 fully saturated rings. The van der Waals surface area contributed by atoms with Crippen molar-refractivity contribution in [1.82, 2.24) is 10.3 Å². The maximum atomic E-state index is 12.6. The summed E-state index contributed by atoms with van der Waals surface area (Å²) in [6.07, 6.45) is 6.70. The highest BCUT2D eigenvalue weighted by atomic mass is 16.4. The second kappa shape index (κ2) is 6.60. The molecular weight excluding hydrogens is 272 g/mol. The Balaban J connectivity index is 2.10. The molecule has 1 heterocycles. The van der Waals surface area contributed by atoms with Gasteiger partial charge in [0.2, 0.25) is 11.8 Å². The molecule has 0 unspecified atom stereocenters. The number of rotatable bonds is 4. The van der Waals surface area contributed by atoms with E-state index in [1.54, 1.807) is 13.1 Å². The summed E-state index contributed by atoms with van der Waals surface area (Å²) >= 11 is 0. The Morgan fingerprint density at radius 1 is 1.48 bits per heavy atom. The number of aryl methyl sites for hydroxylation is 1. The van der Waals surface area contributed by atoms with E-state index in [4.69, 9.17) is 15.4 Å². The van der Waals surface area contributed by atoms with Crippen LogP contribution in [0.2, 0.25) is 0 Å². The molecule has 21 heavy (non-hydrogen) atoms. The number of carbonyl (C=O) groups is 1. The van der Waals surface area contributed by atoms with E-state index in [-0.39, 0.29) is 18.3 Å². The van der Waals surface area contributed by atoms with Gasteiger partial charge in [-0.1, -0.05) is 30.8 Å². The Labute approximate surface area is 123 Å². The Morgan fingerprint density at radius 2 is 2.14 bits per heavy atom. The number of amidine groups is 1. The SMILES string of the molecule is Cc1cnc(CNC(=O)C2(C(N)=NO)CCCCCC2)o1. The molecule has 1 amide bonds. The van der Waals surface area contributed by atoms with E-state index in [0.717, 1.165) is 25.7 Å². The summed E-state index contributed by atoms with van der Waals surface area (Å²) in [7, 11) is 0. The van der Waals surface area contributed by atoms with E-state index in [1.165, 1.54) is 0 Å². The molecule has 0 spiro atoms. The summed E-state index contributed by atoms with van der Waals surface area (Å²) in [4.78, 5) is 16.6. The molecule has 116 valence electrons. The topological polar surface area (TPSA) is 114 Å². The summed E-state index contributed by atoms with van der Waals surface area (Å²) in [6.45, 7) is 1.99. The summed E-state index contributed by atoms with van der Waals surface area (Å²) in [5, 5.41) is 14.9. The zero-order valence-electron chi connectivity index (χ0n) is 12.3. The number of nitrogens with two attached hydrogens (primary N) is 1. The molecular formula is C14H22N4O3. The molecule has 0 aromatic carbocycles. The van der Waals surface area contributed by atoms with Crippen molar-refractivity contribution in [2.24, 2.45) is 16.3 Å². The lowest BCUT2D eigenvalue weighted by molar-refractivity contribution is -0.128. The van der Waals surface area contributed by atoms with Crippen molar-refractivity contribution < 1.29 is 14.4 Å². The van der Waals surface area contributed by atoms with Gasteiger partial charge < -0.3 is 20.7 Å². The molecule has 1 saturated carbocycles. The fourth-order valence-corrected chi connectivity index (χ4v) is 2.84. The van der Waals surface area contributed by atoms with Crippen LogP contribution < -0.4 is 11.1 Å². The molecule has 1 aliphatic rings.